The molecule has 0 amide bonds. The van der Waals surface area contributed by atoms with Crippen molar-refractivity contribution in [1.82, 2.24) is 4.57 Å². The number of esters is 1. The minimum Gasteiger partial charge on any atom is -0.460 e. The van der Waals surface area contributed by atoms with E-state index in [-0.39, 0.29) is 24.6 Å². The van der Waals surface area contributed by atoms with Gasteiger partial charge in [0.05, 0.1) is 25.4 Å². The van der Waals surface area contributed by atoms with E-state index in [4.69, 9.17) is 6.57 Å². The first-order valence-electron chi connectivity index (χ1n) is 6.94. The molecule has 2 rings (SSSR count). The molecule has 1 aromatic heterocycles. The number of carbonyl (C=O) groups excluding carboxylic acids is 3. The minimum absolute atomic E-state index is 0.0955. The van der Waals surface area contributed by atoms with E-state index < -0.39 is 11.8 Å². The third-order valence-electron chi connectivity index (χ3n) is 3.13. The predicted molar refractivity (Wildman–Crippen MR) is 82.4 cm³/mol. The van der Waals surface area contributed by atoms with Gasteiger partial charge in [-0.3, -0.25) is 9.59 Å². The zero-order chi connectivity index (χ0) is 16.8. The van der Waals surface area contributed by atoms with Crippen LogP contribution >= 0.6 is 0 Å². The number of nitrogens with zero attached hydrogens (tertiary/aromatic N) is 2. The maximum absolute atomic E-state index is 12.3. The maximum Gasteiger partial charge on any atom is 0.381 e. The molecule has 0 aliphatic rings. The van der Waals surface area contributed by atoms with E-state index in [1.54, 1.807) is 37.4 Å². The summed E-state index contributed by atoms with van der Waals surface area (Å²) in [7, 11) is 0. The highest BCUT2D eigenvalue weighted by Crippen LogP contribution is 2.15. The molecule has 0 N–H and O–H groups in total. The predicted octanol–water partition coefficient (Wildman–Crippen LogP) is 2.67. The summed E-state index contributed by atoms with van der Waals surface area (Å²) in [6.07, 6.45) is 1.54. The SMILES string of the molecule is [C-]#[N+]c1cccc(C(=O)Cn2cccc2C(=O)C(=O)OCC)c1. The Kier molecular flexibility index (Phi) is 5.05. The summed E-state index contributed by atoms with van der Waals surface area (Å²) in [5.41, 5.74) is 0.839. The van der Waals surface area contributed by atoms with Gasteiger partial charge in [-0.25, -0.2) is 9.64 Å². The first kappa shape index (κ1) is 16.2. The molecule has 0 spiro atoms. The highest BCUT2D eigenvalue weighted by molar-refractivity contribution is 6.40. The Balaban J connectivity index is 2.20. The van der Waals surface area contributed by atoms with Crippen LogP contribution < -0.4 is 0 Å². The van der Waals surface area contributed by atoms with E-state index in [2.05, 4.69) is 9.58 Å². The highest BCUT2D eigenvalue weighted by Gasteiger charge is 2.21. The minimum atomic E-state index is -0.949. The van der Waals surface area contributed by atoms with Crippen molar-refractivity contribution in [3.63, 3.8) is 0 Å². The first-order chi connectivity index (χ1) is 11.1. The van der Waals surface area contributed by atoms with E-state index in [0.717, 1.165) is 0 Å². The Labute approximate surface area is 133 Å². The number of aromatic nitrogens is 1. The molecule has 23 heavy (non-hydrogen) atoms. The third kappa shape index (κ3) is 3.71. The maximum atomic E-state index is 12.3. The Hall–Kier alpha value is -3.20. The second-order valence-corrected chi connectivity index (χ2v) is 4.66. The van der Waals surface area contributed by atoms with Crippen LogP contribution in [0.25, 0.3) is 4.85 Å². The molecule has 1 aromatic carbocycles. The average Bonchev–Trinajstić information content (AvgIpc) is 3.02. The molecule has 0 aliphatic heterocycles. The molecule has 0 atom stereocenters. The molecule has 0 fully saturated rings. The van der Waals surface area contributed by atoms with Gasteiger partial charge in [0.2, 0.25) is 0 Å². The normalized spacial score (nSPS) is 9.91. The molecular formula is C17H14N2O4. The van der Waals surface area contributed by atoms with Crippen LogP contribution in [0.3, 0.4) is 0 Å². The van der Waals surface area contributed by atoms with Crippen LogP contribution in [0.1, 0.15) is 27.8 Å². The fourth-order valence-electron chi connectivity index (χ4n) is 2.05. The van der Waals surface area contributed by atoms with Crippen LogP contribution in [0.2, 0.25) is 0 Å². The van der Waals surface area contributed by atoms with Crippen LogP contribution in [0.5, 0.6) is 0 Å². The van der Waals surface area contributed by atoms with Gasteiger partial charge in [0.15, 0.2) is 11.5 Å². The Morgan fingerprint density at radius 2 is 2.00 bits per heavy atom. The molecule has 6 heteroatoms. The van der Waals surface area contributed by atoms with Crippen molar-refractivity contribution >= 4 is 23.2 Å². The number of ether oxygens (including phenoxy) is 1. The highest BCUT2D eigenvalue weighted by atomic mass is 16.5. The second-order valence-electron chi connectivity index (χ2n) is 4.66. The van der Waals surface area contributed by atoms with Crippen molar-refractivity contribution in [3.8, 4) is 0 Å². The number of hydrogen-bond acceptors (Lipinski definition) is 4. The summed E-state index contributed by atoms with van der Waals surface area (Å²) in [4.78, 5) is 39.1. The summed E-state index contributed by atoms with van der Waals surface area (Å²) in [6.45, 7) is 8.58. The number of Topliss-reactive ketones (excluding diaryl/α,β-unsaturated/α-hetero) is 2. The van der Waals surface area contributed by atoms with Gasteiger partial charge in [0.1, 0.15) is 0 Å². The molecular weight excluding hydrogens is 296 g/mol. The Morgan fingerprint density at radius 3 is 2.70 bits per heavy atom. The van der Waals surface area contributed by atoms with Gasteiger partial charge in [0.25, 0.3) is 5.78 Å². The van der Waals surface area contributed by atoms with Crippen molar-refractivity contribution in [1.29, 1.82) is 0 Å². The summed E-state index contributed by atoms with van der Waals surface area (Å²) in [6, 6.07) is 9.37. The van der Waals surface area contributed by atoms with Gasteiger partial charge in [-0.15, -0.1) is 0 Å². The van der Waals surface area contributed by atoms with Crippen LogP contribution in [-0.2, 0) is 16.1 Å². The number of ketones is 2. The lowest BCUT2D eigenvalue weighted by atomic mass is 10.1. The molecule has 2 aromatic rings. The zero-order valence-electron chi connectivity index (χ0n) is 12.5. The van der Waals surface area contributed by atoms with Gasteiger partial charge in [-0.1, -0.05) is 18.2 Å². The number of hydrogen-bond donors (Lipinski definition) is 0. The lowest BCUT2D eigenvalue weighted by Gasteiger charge is -2.08. The molecule has 0 saturated carbocycles. The van der Waals surface area contributed by atoms with E-state index >= 15 is 0 Å². The van der Waals surface area contributed by atoms with E-state index in [0.29, 0.717) is 11.3 Å². The topological polar surface area (TPSA) is 69.7 Å². The van der Waals surface area contributed by atoms with Crippen LogP contribution in [0.4, 0.5) is 5.69 Å². The van der Waals surface area contributed by atoms with Crippen molar-refractivity contribution in [3.05, 3.63) is 65.3 Å². The standard InChI is InChI=1S/C17H14N2O4/c1-3-23-17(22)16(21)14-8-5-9-19(14)11-15(20)12-6-4-7-13(10-12)18-2/h4-10H,3,11H2,1H3. The molecule has 0 bridgehead atoms. The van der Waals surface area contributed by atoms with Gasteiger partial charge in [-0.05, 0) is 25.1 Å². The fourth-order valence-corrected chi connectivity index (χ4v) is 2.05. The number of carbonyl (C=O) groups is 3. The van der Waals surface area contributed by atoms with E-state index in [1.165, 1.54) is 16.7 Å². The monoisotopic (exact) mass is 310 g/mol. The Bertz CT molecular complexity index is 799. The van der Waals surface area contributed by atoms with E-state index in [9.17, 15) is 14.4 Å². The smallest absolute Gasteiger partial charge is 0.381 e. The van der Waals surface area contributed by atoms with Crippen LogP contribution in [0.15, 0.2) is 42.6 Å². The molecule has 0 unspecified atom stereocenters. The molecule has 116 valence electrons. The number of rotatable bonds is 6. The van der Waals surface area contributed by atoms with E-state index in [1.807, 2.05) is 0 Å². The first-order valence-corrected chi connectivity index (χ1v) is 6.94. The summed E-state index contributed by atoms with van der Waals surface area (Å²) < 4.78 is 6.08. The van der Waals surface area contributed by atoms with Crippen molar-refractivity contribution in [2.45, 2.75) is 13.5 Å². The molecule has 0 radical (unpaired) electrons. The fraction of sp³-hybridized carbons (Fsp3) is 0.176. The lowest BCUT2D eigenvalue weighted by Crippen LogP contribution is -2.22. The molecule has 0 saturated heterocycles. The number of benzene rings is 1. The van der Waals surface area contributed by atoms with Crippen LogP contribution in [0, 0.1) is 6.57 Å². The lowest BCUT2D eigenvalue weighted by molar-refractivity contribution is -0.137. The second kappa shape index (κ2) is 7.18. The molecule has 6 nitrogen and oxygen atoms in total. The Morgan fingerprint density at radius 1 is 1.22 bits per heavy atom. The van der Waals surface area contributed by atoms with Gasteiger partial charge in [-0.2, -0.15) is 0 Å². The molecule has 1 heterocycles. The van der Waals surface area contributed by atoms with Gasteiger partial charge in [0, 0.05) is 11.8 Å². The summed E-state index contributed by atoms with van der Waals surface area (Å²) in [5, 5.41) is 0. The quantitative estimate of drug-likeness (QED) is 0.356. The summed E-state index contributed by atoms with van der Waals surface area (Å²) >= 11 is 0. The molecule has 0 aliphatic carbocycles. The summed E-state index contributed by atoms with van der Waals surface area (Å²) in [5.74, 6) is -2.00. The van der Waals surface area contributed by atoms with Gasteiger partial charge < -0.3 is 9.30 Å². The van der Waals surface area contributed by atoms with Crippen LogP contribution in [-0.4, -0.2) is 28.7 Å². The van der Waals surface area contributed by atoms with Crippen molar-refractivity contribution in [2.75, 3.05) is 6.61 Å². The van der Waals surface area contributed by atoms with Crippen molar-refractivity contribution < 1.29 is 19.1 Å². The zero-order valence-corrected chi connectivity index (χ0v) is 12.5. The van der Waals surface area contributed by atoms with Crippen molar-refractivity contribution in [2.24, 2.45) is 0 Å². The largest absolute Gasteiger partial charge is 0.460 e. The van der Waals surface area contributed by atoms with Gasteiger partial charge >= 0.3 is 5.97 Å². The average molecular weight is 310 g/mol. The third-order valence-corrected chi connectivity index (χ3v) is 3.13.